The van der Waals surface area contributed by atoms with Gasteiger partial charge in [-0.3, -0.25) is 14.5 Å². The summed E-state index contributed by atoms with van der Waals surface area (Å²) in [6.07, 6.45) is 7.74. The minimum Gasteiger partial charge on any atom is -0.339 e. The number of benzene rings is 1. The third kappa shape index (κ3) is 5.20. The highest BCUT2D eigenvalue weighted by Gasteiger charge is 2.33. The van der Waals surface area contributed by atoms with Crippen LogP contribution >= 0.6 is 11.3 Å². The summed E-state index contributed by atoms with van der Waals surface area (Å²) in [5.41, 5.74) is 2.08. The molecule has 5 rings (SSSR count). The number of amides is 2. The van der Waals surface area contributed by atoms with Gasteiger partial charge in [-0.1, -0.05) is 37.8 Å². The first-order chi connectivity index (χ1) is 16.6. The lowest BCUT2D eigenvalue weighted by Gasteiger charge is -2.39. The van der Waals surface area contributed by atoms with Crippen molar-refractivity contribution in [3.63, 3.8) is 0 Å². The smallest absolute Gasteiger partial charge is 0.236 e. The minimum absolute atomic E-state index is 0.0955. The molecule has 0 radical (unpaired) electrons. The first kappa shape index (κ1) is 23.5. The Morgan fingerprint density at radius 1 is 0.971 bits per heavy atom. The zero-order valence-corrected chi connectivity index (χ0v) is 20.6. The van der Waals surface area contributed by atoms with Crippen LogP contribution < -0.4 is 0 Å². The maximum atomic E-state index is 14.0. The van der Waals surface area contributed by atoms with Crippen molar-refractivity contribution in [2.24, 2.45) is 5.92 Å². The Kier molecular flexibility index (Phi) is 7.30. The van der Waals surface area contributed by atoms with E-state index in [-0.39, 0.29) is 23.7 Å². The monoisotopic (exact) mass is 483 g/mol. The van der Waals surface area contributed by atoms with Crippen LogP contribution in [0.5, 0.6) is 0 Å². The van der Waals surface area contributed by atoms with Gasteiger partial charge in [-0.05, 0) is 53.5 Å². The molecule has 0 unspecified atom stereocenters. The molecule has 34 heavy (non-hydrogen) atoms. The second-order valence-electron chi connectivity index (χ2n) is 9.93. The number of thiophene rings is 1. The molecule has 2 fully saturated rings. The van der Waals surface area contributed by atoms with Gasteiger partial charge in [0.1, 0.15) is 5.82 Å². The molecule has 3 aliphatic rings. The summed E-state index contributed by atoms with van der Waals surface area (Å²) in [7, 11) is 0. The Hall–Kier alpha value is -2.25. The maximum Gasteiger partial charge on any atom is 0.236 e. The van der Waals surface area contributed by atoms with Gasteiger partial charge in [0.25, 0.3) is 0 Å². The Bertz CT molecular complexity index is 1010. The molecule has 2 aliphatic heterocycles. The Morgan fingerprint density at radius 2 is 1.71 bits per heavy atom. The van der Waals surface area contributed by atoms with E-state index in [1.165, 1.54) is 42.2 Å². The van der Waals surface area contributed by atoms with Crippen molar-refractivity contribution in [2.45, 2.75) is 51.0 Å². The SMILES string of the molecule is O=C(CCC1CCCC1)N1CCN(C(=O)CN2CCc3sccc3[C@@H]2c2cccc(F)c2)CC1. The number of carbonyl (C=O) groups is 2. The second-order valence-corrected chi connectivity index (χ2v) is 10.9. The first-order valence-electron chi connectivity index (χ1n) is 12.7. The van der Waals surface area contributed by atoms with Gasteiger partial charge < -0.3 is 9.80 Å². The van der Waals surface area contributed by atoms with E-state index in [4.69, 9.17) is 0 Å². The lowest BCUT2D eigenvalue weighted by molar-refractivity contribution is -0.140. The van der Waals surface area contributed by atoms with Gasteiger partial charge in [-0.25, -0.2) is 4.39 Å². The standard InChI is InChI=1S/C27H34FN3O2S/c28-22-7-3-6-21(18-22)27-23-11-17-34-24(23)10-12-31(27)19-26(33)30-15-13-29(14-16-30)25(32)9-8-20-4-1-2-5-20/h3,6-7,11,17-18,20,27H,1-2,4-5,8-10,12-16,19H2/t27-/m0/s1. The van der Waals surface area contributed by atoms with E-state index in [9.17, 15) is 14.0 Å². The van der Waals surface area contributed by atoms with E-state index in [1.54, 1.807) is 23.5 Å². The van der Waals surface area contributed by atoms with Crippen LogP contribution in [0.2, 0.25) is 0 Å². The molecule has 0 bridgehead atoms. The van der Waals surface area contributed by atoms with Crippen LogP contribution in [0.15, 0.2) is 35.7 Å². The molecule has 2 amide bonds. The van der Waals surface area contributed by atoms with Crippen LogP contribution in [-0.4, -0.2) is 65.8 Å². The molecule has 1 saturated heterocycles. The zero-order chi connectivity index (χ0) is 23.5. The molecule has 0 spiro atoms. The Labute approximate surface area is 205 Å². The van der Waals surface area contributed by atoms with Gasteiger partial charge in [0.15, 0.2) is 0 Å². The van der Waals surface area contributed by atoms with Crippen LogP contribution in [0, 0.1) is 11.7 Å². The second kappa shape index (κ2) is 10.6. The highest BCUT2D eigenvalue weighted by atomic mass is 32.1. The fourth-order valence-corrected chi connectivity index (χ4v) is 6.77. The van der Waals surface area contributed by atoms with Crippen LogP contribution in [0.1, 0.15) is 60.6 Å². The van der Waals surface area contributed by atoms with Crippen molar-refractivity contribution in [2.75, 3.05) is 39.3 Å². The predicted molar refractivity (Wildman–Crippen MR) is 132 cm³/mol. The van der Waals surface area contributed by atoms with Gasteiger partial charge in [0.05, 0.1) is 12.6 Å². The third-order valence-electron chi connectivity index (χ3n) is 7.79. The molecule has 1 atom stereocenters. The van der Waals surface area contributed by atoms with Crippen LogP contribution in [0.4, 0.5) is 4.39 Å². The topological polar surface area (TPSA) is 43.9 Å². The average Bonchev–Trinajstić information content (AvgIpc) is 3.54. The fraction of sp³-hybridized carbons (Fsp3) is 0.556. The van der Waals surface area contributed by atoms with E-state index in [0.717, 1.165) is 30.9 Å². The van der Waals surface area contributed by atoms with Gasteiger partial charge in [0.2, 0.25) is 11.8 Å². The number of hydrogen-bond donors (Lipinski definition) is 0. The van der Waals surface area contributed by atoms with Crippen molar-refractivity contribution in [3.05, 3.63) is 57.5 Å². The summed E-state index contributed by atoms with van der Waals surface area (Å²) in [5, 5.41) is 2.09. The van der Waals surface area contributed by atoms with Crippen molar-refractivity contribution in [3.8, 4) is 0 Å². The van der Waals surface area contributed by atoms with E-state index in [0.29, 0.717) is 39.1 Å². The minimum atomic E-state index is -0.250. The van der Waals surface area contributed by atoms with Gasteiger partial charge in [-0.15, -0.1) is 11.3 Å². The molecule has 2 aromatic rings. The Balaban J connectivity index is 1.18. The van der Waals surface area contributed by atoms with Crippen molar-refractivity contribution < 1.29 is 14.0 Å². The van der Waals surface area contributed by atoms with Crippen LogP contribution in [-0.2, 0) is 16.0 Å². The molecule has 1 saturated carbocycles. The lowest BCUT2D eigenvalue weighted by atomic mass is 9.93. The van der Waals surface area contributed by atoms with E-state index >= 15 is 0 Å². The highest BCUT2D eigenvalue weighted by molar-refractivity contribution is 7.10. The number of rotatable bonds is 6. The molecule has 1 aliphatic carbocycles. The van der Waals surface area contributed by atoms with Gasteiger partial charge in [-0.2, -0.15) is 0 Å². The molecule has 1 aromatic heterocycles. The summed E-state index contributed by atoms with van der Waals surface area (Å²) < 4.78 is 14.0. The first-order valence-corrected chi connectivity index (χ1v) is 13.6. The molecule has 182 valence electrons. The van der Waals surface area contributed by atoms with Crippen molar-refractivity contribution in [1.29, 1.82) is 0 Å². The number of carbonyl (C=O) groups excluding carboxylic acids is 2. The largest absolute Gasteiger partial charge is 0.339 e. The molecular weight excluding hydrogens is 449 g/mol. The highest BCUT2D eigenvalue weighted by Crippen LogP contribution is 2.38. The summed E-state index contributed by atoms with van der Waals surface area (Å²) in [5.74, 6) is 0.815. The summed E-state index contributed by atoms with van der Waals surface area (Å²) in [4.78, 5) is 33.2. The summed E-state index contributed by atoms with van der Waals surface area (Å²) in [6, 6.07) is 8.76. The molecule has 1 aromatic carbocycles. The van der Waals surface area contributed by atoms with Crippen LogP contribution in [0.3, 0.4) is 0 Å². The van der Waals surface area contributed by atoms with Crippen molar-refractivity contribution >= 4 is 23.2 Å². The molecule has 5 nitrogen and oxygen atoms in total. The number of piperazine rings is 1. The van der Waals surface area contributed by atoms with E-state index < -0.39 is 0 Å². The van der Waals surface area contributed by atoms with Gasteiger partial charge in [0, 0.05) is 44.0 Å². The normalized spacial score (nSPS) is 21.6. The van der Waals surface area contributed by atoms with E-state index in [2.05, 4.69) is 16.3 Å². The number of hydrogen-bond acceptors (Lipinski definition) is 4. The van der Waals surface area contributed by atoms with Crippen LogP contribution in [0.25, 0.3) is 0 Å². The predicted octanol–water partition coefficient (Wildman–Crippen LogP) is 4.48. The molecule has 0 N–H and O–H groups in total. The molecular formula is C27H34FN3O2S. The zero-order valence-electron chi connectivity index (χ0n) is 19.8. The van der Waals surface area contributed by atoms with E-state index in [1.807, 2.05) is 15.9 Å². The number of halogens is 1. The average molecular weight is 484 g/mol. The fourth-order valence-electron chi connectivity index (χ4n) is 5.87. The maximum absolute atomic E-state index is 14.0. The quantitative estimate of drug-likeness (QED) is 0.609. The van der Waals surface area contributed by atoms with Gasteiger partial charge >= 0.3 is 0 Å². The Morgan fingerprint density at radius 3 is 2.44 bits per heavy atom. The van der Waals surface area contributed by atoms with Crippen molar-refractivity contribution in [1.82, 2.24) is 14.7 Å². The molecule has 3 heterocycles. The third-order valence-corrected chi connectivity index (χ3v) is 8.79. The number of fused-ring (bicyclic) bond motifs is 1. The number of nitrogens with zero attached hydrogens (tertiary/aromatic N) is 3. The lowest BCUT2D eigenvalue weighted by Crippen LogP contribution is -2.53. The summed E-state index contributed by atoms with van der Waals surface area (Å²) in [6.45, 7) is 3.52. The summed E-state index contributed by atoms with van der Waals surface area (Å²) >= 11 is 1.74. The molecule has 7 heteroatoms.